The second kappa shape index (κ2) is 16.7. The topological polar surface area (TPSA) is 180 Å². The lowest BCUT2D eigenvalue weighted by Gasteiger charge is -2.38. The van der Waals surface area contributed by atoms with Gasteiger partial charge in [0.1, 0.15) is 23.8 Å². The number of hydrogen-bond acceptors (Lipinski definition) is 8. The fourth-order valence-corrected chi connectivity index (χ4v) is 7.10. The standard InChI is InChI=1S/C36H55N7O6/c1-7-11-25(29(44)34(48)39-23-14-15-23)40-33(47)28-24(21(2)3)16-19-43(28)35(49)30(36(4,5)6)42-32(46)27(22-12-9-8-10-13-22)41-31(45)26-20-37-17-18-38-26/h17-18,20-25,27-28,30H,7-16,19H2,1-6H3,(H,39,48)(H,40,47)(H,41,45)(H,42,46)/t24-,25+,27+,28+,30-/m1/s1. The summed E-state index contributed by atoms with van der Waals surface area (Å²) < 4.78 is 0. The largest absolute Gasteiger partial charge is 0.347 e. The minimum atomic E-state index is -1.02. The van der Waals surface area contributed by atoms with Crippen LogP contribution in [0.3, 0.4) is 0 Å². The number of ketones is 1. The van der Waals surface area contributed by atoms with Crippen molar-refractivity contribution in [3.05, 3.63) is 24.3 Å². The Morgan fingerprint density at radius 3 is 2.18 bits per heavy atom. The molecule has 2 saturated carbocycles. The summed E-state index contributed by atoms with van der Waals surface area (Å²) in [6, 6.07) is -3.80. The highest BCUT2D eigenvalue weighted by Gasteiger charge is 2.48. The smallest absolute Gasteiger partial charge is 0.289 e. The van der Waals surface area contributed by atoms with Crippen molar-refractivity contribution in [2.75, 3.05) is 6.54 Å². The van der Waals surface area contributed by atoms with Gasteiger partial charge in [0.25, 0.3) is 11.8 Å². The van der Waals surface area contributed by atoms with Gasteiger partial charge in [-0.1, -0.05) is 67.2 Å². The molecule has 0 bridgehead atoms. The van der Waals surface area contributed by atoms with Gasteiger partial charge in [-0.3, -0.25) is 33.8 Å². The second-order valence-corrected chi connectivity index (χ2v) is 15.4. The third-order valence-electron chi connectivity index (χ3n) is 10.1. The molecule has 270 valence electrons. The molecule has 1 aromatic heterocycles. The molecular weight excluding hydrogens is 626 g/mol. The predicted molar refractivity (Wildman–Crippen MR) is 183 cm³/mol. The average Bonchev–Trinajstić information content (AvgIpc) is 3.77. The Morgan fingerprint density at radius 1 is 0.918 bits per heavy atom. The van der Waals surface area contributed by atoms with E-state index in [-0.39, 0.29) is 29.5 Å². The summed E-state index contributed by atoms with van der Waals surface area (Å²) in [6.45, 7) is 11.7. The number of rotatable bonds is 14. The van der Waals surface area contributed by atoms with Crippen LogP contribution in [0.4, 0.5) is 0 Å². The van der Waals surface area contributed by atoms with Crippen molar-refractivity contribution in [2.24, 2.45) is 23.2 Å². The molecule has 4 rings (SSSR count). The molecule has 13 nitrogen and oxygen atoms in total. The Labute approximate surface area is 289 Å². The summed E-state index contributed by atoms with van der Waals surface area (Å²) in [6.07, 6.45) is 11.7. The molecule has 1 aromatic rings. The summed E-state index contributed by atoms with van der Waals surface area (Å²) in [7, 11) is 0. The van der Waals surface area contributed by atoms with Gasteiger partial charge in [-0.15, -0.1) is 0 Å². The SMILES string of the molecule is CCC[C@H](NC(=O)[C@@H]1[C@@H](C(C)C)CCN1C(=O)[C@@H](NC(=O)[C@@H](NC(=O)c1cnccn1)C1CCCCC1)C(C)(C)C)C(=O)C(=O)NC1CC1. The summed E-state index contributed by atoms with van der Waals surface area (Å²) in [5.41, 5.74) is -0.660. The number of carbonyl (C=O) groups is 6. The van der Waals surface area contributed by atoms with Crippen LogP contribution in [0.25, 0.3) is 0 Å². The molecule has 0 aromatic carbocycles. The van der Waals surface area contributed by atoms with E-state index in [4.69, 9.17) is 0 Å². The molecule has 1 aliphatic heterocycles. The number of hydrogen-bond donors (Lipinski definition) is 4. The van der Waals surface area contributed by atoms with E-state index in [1.807, 2.05) is 41.5 Å². The molecule has 0 radical (unpaired) electrons. The van der Waals surface area contributed by atoms with Crippen molar-refractivity contribution in [3.63, 3.8) is 0 Å². The maximum absolute atomic E-state index is 14.5. The zero-order chi connectivity index (χ0) is 35.9. The van der Waals surface area contributed by atoms with Crippen LogP contribution in [0, 0.1) is 23.2 Å². The van der Waals surface area contributed by atoms with E-state index in [0.29, 0.717) is 25.8 Å². The van der Waals surface area contributed by atoms with Crippen LogP contribution in [0.15, 0.2) is 18.6 Å². The maximum atomic E-state index is 14.5. The van der Waals surface area contributed by atoms with E-state index < -0.39 is 64.9 Å². The minimum absolute atomic E-state index is 0.00489. The first-order chi connectivity index (χ1) is 23.2. The van der Waals surface area contributed by atoms with Crippen molar-refractivity contribution in [1.29, 1.82) is 0 Å². The zero-order valence-electron chi connectivity index (χ0n) is 29.9. The lowest BCUT2D eigenvalue weighted by molar-refractivity contribution is -0.146. The van der Waals surface area contributed by atoms with Crippen molar-refractivity contribution in [2.45, 2.75) is 136 Å². The van der Waals surface area contributed by atoms with Crippen LogP contribution < -0.4 is 21.3 Å². The Morgan fingerprint density at radius 2 is 1.61 bits per heavy atom. The molecule has 2 heterocycles. The highest BCUT2D eigenvalue weighted by molar-refractivity contribution is 6.38. The quantitative estimate of drug-likeness (QED) is 0.217. The van der Waals surface area contributed by atoms with Crippen LogP contribution in [-0.4, -0.2) is 86.9 Å². The number of amides is 5. The van der Waals surface area contributed by atoms with Gasteiger partial charge < -0.3 is 26.2 Å². The monoisotopic (exact) mass is 681 g/mol. The van der Waals surface area contributed by atoms with Crippen LogP contribution in [0.1, 0.15) is 116 Å². The normalized spacial score (nSPS) is 21.7. The molecule has 3 aliphatic rings. The first-order valence-electron chi connectivity index (χ1n) is 18.1. The average molecular weight is 682 g/mol. The lowest BCUT2D eigenvalue weighted by atomic mass is 9.82. The molecule has 4 N–H and O–H groups in total. The van der Waals surface area contributed by atoms with Gasteiger partial charge >= 0.3 is 0 Å². The van der Waals surface area contributed by atoms with Gasteiger partial charge in [0.2, 0.25) is 23.5 Å². The molecule has 5 atom stereocenters. The summed E-state index contributed by atoms with van der Waals surface area (Å²) in [5.74, 6) is -3.52. The van der Waals surface area contributed by atoms with Crippen LogP contribution >= 0.6 is 0 Å². The molecule has 3 fully saturated rings. The second-order valence-electron chi connectivity index (χ2n) is 15.4. The predicted octanol–water partition coefficient (Wildman–Crippen LogP) is 2.69. The number of aromatic nitrogens is 2. The van der Waals surface area contributed by atoms with Crippen LogP contribution in [-0.2, 0) is 24.0 Å². The number of Topliss-reactive ketones (excluding diaryl/α,β-unsaturated/α-hetero) is 1. The van der Waals surface area contributed by atoms with E-state index in [0.717, 1.165) is 44.9 Å². The van der Waals surface area contributed by atoms with Gasteiger partial charge in [0.05, 0.1) is 12.2 Å². The van der Waals surface area contributed by atoms with E-state index in [9.17, 15) is 28.8 Å². The van der Waals surface area contributed by atoms with Gasteiger partial charge in [-0.2, -0.15) is 0 Å². The number of nitrogens with zero attached hydrogens (tertiary/aromatic N) is 3. The highest BCUT2D eigenvalue weighted by Crippen LogP contribution is 2.34. The third-order valence-corrected chi connectivity index (χ3v) is 10.1. The molecule has 1 saturated heterocycles. The molecule has 0 spiro atoms. The summed E-state index contributed by atoms with van der Waals surface area (Å²) in [5, 5.41) is 11.4. The highest BCUT2D eigenvalue weighted by atomic mass is 16.2. The summed E-state index contributed by atoms with van der Waals surface area (Å²) >= 11 is 0. The van der Waals surface area contributed by atoms with Crippen LogP contribution in [0.2, 0.25) is 0 Å². The van der Waals surface area contributed by atoms with Gasteiger partial charge in [0.15, 0.2) is 0 Å². The van der Waals surface area contributed by atoms with Crippen LogP contribution in [0.5, 0.6) is 0 Å². The van der Waals surface area contributed by atoms with E-state index >= 15 is 0 Å². The minimum Gasteiger partial charge on any atom is -0.347 e. The fourth-order valence-electron chi connectivity index (χ4n) is 7.10. The lowest BCUT2D eigenvalue weighted by Crippen LogP contribution is -2.62. The Kier molecular flexibility index (Phi) is 12.9. The van der Waals surface area contributed by atoms with Crippen molar-refractivity contribution < 1.29 is 28.8 Å². The maximum Gasteiger partial charge on any atom is 0.289 e. The number of nitrogens with one attached hydrogen (secondary N) is 4. The fraction of sp³-hybridized carbons (Fsp3) is 0.722. The molecule has 13 heteroatoms. The Bertz CT molecular complexity index is 1350. The third kappa shape index (κ3) is 9.85. The first kappa shape index (κ1) is 37.9. The summed E-state index contributed by atoms with van der Waals surface area (Å²) in [4.78, 5) is 91.2. The van der Waals surface area contributed by atoms with Crippen molar-refractivity contribution in [3.8, 4) is 0 Å². The Hall–Kier alpha value is -3.90. The number of likely N-dealkylation sites (tertiary alicyclic amines) is 1. The van der Waals surface area contributed by atoms with E-state index in [2.05, 4.69) is 31.2 Å². The molecule has 0 unspecified atom stereocenters. The first-order valence-corrected chi connectivity index (χ1v) is 18.1. The van der Waals surface area contributed by atoms with E-state index in [1.165, 1.54) is 23.5 Å². The van der Waals surface area contributed by atoms with Crippen molar-refractivity contribution >= 4 is 35.3 Å². The molecule has 2 aliphatic carbocycles. The molecular formula is C36H55N7O6. The van der Waals surface area contributed by atoms with Gasteiger partial charge in [0, 0.05) is 25.0 Å². The Balaban J connectivity index is 1.56. The number of carbonyl (C=O) groups excluding carboxylic acids is 6. The van der Waals surface area contributed by atoms with E-state index in [1.54, 1.807) is 0 Å². The molecule has 49 heavy (non-hydrogen) atoms. The molecule has 5 amide bonds. The van der Waals surface area contributed by atoms with Gasteiger partial charge in [-0.25, -0.2) is 4.98 Å². The van der Waals surface area contributed by atoms with Crippen molar-refractivity contribution in [1.82, 2.24) is 36.1 Å². The van der Waals surface area contributed by atoms with Gasteiger partial charge in [-0.05, 0) is 61.7 Å². The zero-order valence-corrected chi connectivity index (χ0v) is 29.9.